The van der Waals surface area contributed by atoms with Crippen LogP contribution in [-0.4, -0.2) is 71.5 Å². The van der Waals surface area contributed by atoms with Crippen molar-refractivity contribution in [1.29, 1.82) is 0 Å². The van der Waals surface area contributed by atoms with Crippen LogP contribution >= 0.6 is 0 Å². The lowest BCUT2D eigenvalue weighted by atomic mass is 9.94. The summed E-state index contributed by atoms with van der Waals surface area (Å²) in [4.78, 5) is 66.2. The van der Waals surface area contributed by atoms with Gasteiger partial charge < -0.3 is 19.3 Å². The number of methoxy groups -OCH3 is 1. The molecule has 0 aliphatic carbocycles. The minimum atomic E-state index is -1.79. The summed E-state index contributed by atoms with van der Waals surface area (Å²) < 4.78 is 16.1. The number of carbonyl (C=O) groups is 5. The molecule has 2 aromatic rings. The molecule has 4 unspecified atom stereocenters. The number of esters is 1. The normalized spacial score (nSPS) is 18.4. The van der Waals surface area contributed by atoms with Crippen molar-refractivity contribution in [2.45, 2.75) is 64.4 Å². The van der Waals surface area contributed by atoms with Crippen LogP contribution in [0.4, 0.5) is 4.79 Å². The molecule has 0 spiro atoms. The van der Waals surface area contributed by atoms with Crippen LogP contribution in [0.3, 0.4) is 0 Å². The number of benzene rings is 2. The predicted molar refractivity (Wildman–Crippen MR) is 148 cm³/mol. The lowest BCUT2D eigenvalue weighted by Crippen LogP contribution is -2.52. The number of aryl methyl sites for hydroxylation is 1. The molecule has 2 aromatic carbocycles. The Hall–Kier alpha value is -4.15. The summed E-state index contributed by atoms with van der Waals surface area (Å²) in [6.07, 6.45) is -3.25. The number of aliphatic hydroxyl groups is 1. The highest BCUT2D eigenvalue weighted by molar-refractivity contribution is 6.25. The van der Waals surface area contributed by atoms with Crippen molar-refractivity contribution < 1.29 is 43.3 Å². The topological polar surface area (TPSA) is 137 Å². The highest BCUT2D eigenvalue weighted by Crippen LogP contribution is 2.33. The Bertz CT molecular complexity index is 1300. The molecule has 1 saturated heterocycles. The van der Waals surface area contributed by atoms with E-state index in [0.29, 0.717) is 24.0 Å². The van der Waals surface area contributed by atoms with Gasteiger partial charge >= 0.3 is 12.1 Å². The quantitative estimate of drug-likeness (QED) is 0.219. The van der Waals surface area contributed by atoms with Crippen molar-refractivity contribution in [2.24, 2.45) is 0 Å². The highest BCUT2D eigenvalue weighted by Gasteiger charge is 2.48. The minimum Gasteiger partial charge on any atom is -0.451 e. The summed E-state index contributed by atoms with van der Waals surface area (Å²) in [5.74, 6) is -3.02. The number of ether oxygens (including phenoxy) is 3. The third-order valence-corrected chi connectivity index (χ3v) is 6.71. The summed E-state index contributed by atoms with van der Waals surface area (Å²) >= 11 is 0. The van der Waals surface area contributed by atoms with Crippen LogP contribution in [0, 0.1) is 6.92 Å². The molecule has 10 nitrogen and oxygen atoms in total. The number of hydrogen-bond acceptors (Lipinski definition) is 9. The largest absolute Gasteiger partial charge is 0.451 e. The SMILES string of the molecule is COC(C(=O)N1C(=O)OC(c2ccccc2)C1C)C(OC(C)=O)C(=O)C=C(C(=O)CCCCO)c1cccc(C)c1. The van der Waals surface area contributed by atoms with Crippen LogP contribution in [0.2, 0.25) is 0 Å². The van der Waals surface area contributed by atoms with E-state index in [-0.39, 0.29) is 24.4 Å². The minimum absolute atomic E-state index is 0.0641. The summed E-state index contributed by atoms with van der Waals surface area (Å²) in [5.41, 5.74) is 2.06. The maximum atomic E-state index is 13.7. The second kappa shape index (κ2) is 14.5. The van der Waals surface area contributed by atoms with Gasteiger partial charge in [0.25, 0.3) is 5.91 Å². The molecule has 1 aliphatic rings. The van der Waals surface area contributed by atoms with E-state index in [1.807, 2.05) is 13.0 Å². The van der Waals surface area contributed by atoms with Crippen LogP contribution in [-0.2, 0) is 33.4 Å². The maximum Gasteiger partial charge on any atom is 0.417 e. The fourth-order valence-corrected chi connectivity index (χ4v) is 4.68. The predicted octanol–water partition coefficient (Wildman–Crippen LogP) is 3.73. The van der Waals surface area contributed by atoms with E-state index in [0.717, 1.165) is 30.6 Å². The summed E-state index contributed by atoms with van der Waals surface area (Å²) in [5, 5.41) is 9.11. The van der Waals surface area contributed by atoms with E-state index in [9.17, 15) is 24.0 Å². The molecule has 4 atom stereocenters. The van der Waals surface area contributed by atoms with Gasteiger partial charge in [-0.3, -0.25) is 19.2 Å². The number of imide groups is 1. The van der Waals surface area contributed by atoms with Gasteiger partial charge in [-0.1, -0.05) is 60.2 Å². The summed E-state index contributed by atoms with van der Waals surface area (Å²) in [6.45, 7) is 4.45. The Morgan fingerprint density at radius 2 is 1.76 bits per heavy atom. The summed E-state index contributed by atoms with van der Waals surface area (Å²) in [7, 11) is 1.15. The molecule has 1 aliphatic heterocycles. The van der Waals surface area contributed by atoms with E-state index in [4.69, 9.17) is 19.3 Å². The van der Waals surface area contributed by atoms with Crippen molar-refractivity contribution in [3.05, 3.63) is 77.4 Å². The molecule has 0 saturated carbocycles. The number of hydrogen-bond donors (Lipinski definition) is 1. The van der Waals surface area contributed by atoms with Crippen LogP contribution in [0.25, 0.3) is 5.57 Å². The van der Waals surface area contributed by atoms with Gasteiger partial charge in [0, 0.05) is 32.6 Å². The number of aliphatic hydroxyl groups excluding tert-OH is 1. The molecule has 10 heteroatoms. The van der Waals surface area contributed by atoms with Gasteiger partial charge in [-0.15, -0.1) is 0 Å². The Morgan fingerprint density at radius 3 is 2.37 bits per heavy atom. The summed E-state index contributed by atoms with van der Waals surface area (Å²) in [6, 6.07) is 15.1. The molecular weight excluding hydrogens is 530 g/mol. The first-order valence-corrected chi connectivity index (χ1v) is 13.3. The van der Waals surface area contributed by atoms with Crippen molar-refractivity contribution in [1.82, 2.24) is 4.90 Å². The first kappa shape index (κ1) is 31.4. The monoisotopic (exact) mass is 565 g/mol. The molecule has 1 heterocycles. The molecule has 41 heavy (non-hydrogen) atoms. The molecule has 0 radical (unpaired) electrons. The fourth-order valence-electron chi connectivity index (χ4n) is 4.68. The van der Waals surface area contributed by atoms with Crippen LogP contribution < -0.4 is 0 Å². The number of amides is 2. The van der Waals surface area contributed by atoms with Gasteiger partial charge in [-0.2, -0.15) is 0 Å². The average Bonchev–Trinajstić information content (AvgIpc) is 3.25. The number of rotatable bonds is 13. The number of cyclic esters (lactones) is 1. The number of unbranched alkanes of at least 4 members (excludes halogenated alkanes) is 1. The van der Waals surface area contributed by atoms with E-state index in [1.54, 1.807) is 55.5 Å². The lowest BCUT2D eigenvalue weighted by Gasteiger charge is -2.27. The van der Waals surface area contributed by atoms with Gasteiger partial charge in [0.05, 0.1) is 6.04 Å². The number of allylic oxidation sites excluding steroid dienone is 1. The van der Waals surface area contributed by atoms with Gasteiger partial charge in [0.1, 0.15) is 6.10 Å². The van der Waals surface area contributed by atoms with Crippen LogP contribution in [0.5, 0.6) is 0 Å². The number of carbonyl (C=O) groups excluding carboxylic acids is 5. The zero-order chi connectivity index (χ0) is 30.1. The average molecular weight is 566 g/mol. The third kappa shape index (κ3) is 7.74. The van der Waals surface area contributed by atoms with Gasteiger partial charge in [-0.25, -0.2) is 9.69 Å². The van der Waals surface area contributed by atoms with Crippen LogP contribution in [0.15, 0.2) is 60.7 Å². The number of Topliss-reactive ketones (excluding diaryl/α,β-unsaturated/α-hetero) is 1. The third-order valence-electron chi connectivity index (χ3n) is 6.71. The molecule has 3 rings (SSSR count). The standard InChI is InChI=1S/C31H35NO9/c1-19-11-10-14-23(17-19)24(25(35)15-8-9-16-33)18-26(36)28(40-21(3)34)29(39-4)30(37)32-20(2)27(41-31(32)38)22-12-6-5-7-13-22/h5-7,10-14,17-18,20,27-29,33H,8-9,15-16H2,1-4H3. The first-order valence-electron chi connectivity index (χ1n) is 13.3. The zero-order valence-corrected chi connectivity index (χ0v) is 23.6. The number of nitrogens with zero attached hydrogens (tertiary/aromatic N) is 1. The Balaban J connectivity index is 1.96. The molecular formula is C31H35NO9. The Morgan fingerprint density at radius 1 is 1.05 bits per heavy atom. The fraction of sp³-hybridized carbons (Fsp3) is 0.387. The first-order chi connectivity index (χ1) is 19.6. The van der Waals surface area contributed by atoms with E-state index in [1.165, 1.54) is 0 Å². The maximum absolute atomic E-state index is 13.7. The zero-order valence-electron chi connectivity index (χ0n) is 23.6. The van der Waals surface area contributed by atoms with E-state index >= 15 is 0 Å². The lowest BCUT2D eigenvalue weighted by molar-refractivity contribution is -0.166. The molecule has 0 bridgehead atoms. The second-order valence-electron chi connectivity index (χ2n) is 9.78. The van der Waals surface area contributed by atoms with Crippen molar-refractivity contribution >= 4 is 35.1 Å². The molecule has 0 aromatic heterocycles. The van der Waals surface area contributed by atoms with Crippen molar-refractivity contribution in [3.8, 4) is 0 Å². The molecule has 1 N–H and O–H groups in total. The van der Waals surface area contributed by atoms with Gasteiger partial charge in [0.15, 0.2) is 23.8 Å². The van der Waals surface area contributed by atoms with E-state index < -0.39 is 48.1 Å². The van der Waals surface area contributed by atoms with Gasteiger partial charge in [0.2, 0.25) is 0 Å². The van der Waals surface area contributed by atoms with E-state index in [2.05, 4.69) is 0 Å². The smallest absolute Gasteiger partial charge is 0.417 e. The Labute approximate surface area is 238 Å². The molecule has 218 valence electrons. The number of ketones is 2. The molecule has 1 fully saturated rings. The van der Waals surface area contributed by atoms with Crippen molar-refractivity contribution in [2.75, 3.05) is 13.7 Å². The van der Waals surface area contributed by atoms with Crippen molar-refractivity contribution in [3.63, 3.8) is 0 Å². The highest BCUT2D eigenvalue weighted by atomic mass is 16.6. The van der Waals surface area contributed by atoms with Gasteiger partial charge in [-0.05, 0) is 43.9 Å². The Kier molecular flexibility index (Phi) is 11.1. The van der Waals surface area contributed by atoms with Crippen LogP contribution in [0.1, 0.15) is 55.9 Å². The molecule has 2 amide bonds. The second-order valence-corrected chi connectivity index (χ2v) is 9.78.